The maximum absolute atomic E-state index is 2.42. The molecule has 0 heterocycles. The van der Waals surface area contributed by atoms with Gasteiger partial charge in [0.05, 0.1) is 0 Å². The molecule has 0 saturated carbocycles. The summed E-state index contributed by atoms with van der Waals surface area (Å²) in [4.78, 5) is 0. The second-order valence-electron chi connectivity index (χ2n) is 5.07. The molecule has 0 aliphatic carbocycles. The maximum atomic E-state index is 2.42. The van der Waals surface area contributed by atoms with Gasteiger partial charge in [-0.1, -0.05) is 66.7 Å². The molecular formula is C13H28. The van der Waals surface area contributed by atoms with Crippen molar-refractivity contribution in [3.63, 3.8) is 0 Å². The summed E-state index contributed by atoms with van der Waals surface area (Å²) in [7, 11) is 0. The summed E-state index contributed by atoms with van der Waals surface area (Å²) in [6.45, 7) is 11.8. The van der Waals surface area contributed by atoms with E-state index in [1.807, 2.05) is 0 Å². The Morgan fingerprint density at radius 3 is 1.77 bits per heavy atom. The summed E-state index contributed by atoms with van der Waals surface area (Å²) in [6, 6.07) is 0. The van der Waals surface area contributed by atoms with E-state index in [0.29, 0.717) is 0 Å². The Kier molecular flexibility index (Phi) is 7.41. The van der Waals surface area contributed by atoms with Gasteiger partial charge >= 0.3 is 0 Å². The van der Waals surface area contributed by atoms with E-state index in [1.54, 1.807) is 0 Å². The molecule has 0 N–H and O–H groups in total. The van der Waals surface area contributed by atoms with E-state index >= 15 is 0 Å². The van der Waals surface area contributed by atoms with Crippen LogP contribution in [-0.4, -0.2) is 0 Å². The lowest BCUT2D eigenvalue weighted by atomic mass is 9.87. The molecule has 0 aromatic rings. The smallest absolute Gasteiger partial charge is 0.0417 e. The lowest BCUT2D eigenvalue weighted by molar-refractivity contribution is 0.325. The highest BCUT2D eigenvalue weighted by Crippen LogP contribution is 2.22. The van der Waals surface area contributed by atoms with Gasteiger partial charge in [-0.3, -0.25) is 0 Å². The van der Waals surface area contributed by atoms with Crippen LogP contribution in [0.4, 0.5) is 0 Å². The molecule has 0 bridgehead atoms. The molecule has 0 amide bonds. The summed E-state index contributed by atoms with van der Waals surface area (Å²) >= 11 is 0. The molecule has 0 aliphatic heterocycles. The van der Waals surface area contributed by atoms with Crippen molar-refractivity contribution in [1.82, 2.24) is 0 Å². The maximum Gasteiger partial charge on any atom is -0.0417 e. The molecule has 0 radical (unpaired) electrons. The average molecular weight is 184 g/mol. The zero-order valence-corrected chi connectivity index (χ0v) is 10.3. The van der Waals surface area contributed by atoms with Crippen molar-refractivity contribution in [3.8, 4) is 0 Å². The summed E-state index contributed by atoms with van der Waals surface area (Å²) < 4.78 is 0. The third-order valence-corrected chi connectivity index (χ3v) is 3.16. The SMILES string of the molecule is CCCC(C)C(C)CCCC(C)C. The zero-order chi connectivity index (χ0) is 10.3. The minimum Gasteiger partial charge on any atom is -0.0654 e. The molecular weight excluding hydrogens is 156 g/mol. The highest BCUT2D eigenvalue weighted by Gasteiger charge is 2.10. The minimum atomic E-state index is 0.883. The predicted octanol–water partition coefficient (Wildman–Crippen LogP) is 4.89. The fourth-order valence-electron chi connectivity index (χ4n) is 1.87. The first-order valence-electron chi connectivity index (χ1n) is 6.07. The van der Waals surface area contributed by atoms with Crippen molar-refractivity contribution >= 4 is 0 Å². The molecule has 0 aromatic heterocycles. The van der Waals surface area contributed by atoms with Gasteiger partial charge in [0.2, 0.25) is 0 Å². The Balaban J connectivity index is 3.43. The van der Waals surface area contributed by atoms with Crippen LogP contribution in [-0.2, 0) is 0 Å². The lowest BCUT2D eigenvalue weighted by Gasteiger charge is -2.19. The van der Waals surface area contributed by atoms with Gasteiger partial charge in [0.25, 0.3) is 0 Å². The summed E-state index contributed by atoms with van der Waals surface area (Å²) in [5.74, 6) is 2.74. The quantitative estimate of drug-likeness (QED) is 0.528. The second kappa shape index (κ2) is 7.41. The minimum absolute atomic E-state index is 0.883. The number of rotatable bonds is 7. The van der Waals surface area contributed by atoms with Crippen molar-refractivity contribution < 1.29 is 0 Å². The molecule has 0 fully saturated rings. The first kappa shape index (κ1) is 13.0. The van der Waals surface area contributed by atoms with Crippen LogP contribution in [0.1, 0.15) is 66.7 Å². The molecule has 0 aliphatic rings. The molecule has 2 unspecified atom stereocenters. The zero-order valence-electron chi connectivity index (χ0n) is 10.3. The lowest BCUT2D eigenvalue weighted by Crippen LogP contribution is -2.07. The van der Waals surface area contributed by atoms with Gasteiger partial charge < -0.3 is 0 Å². The van der Waals surface area contributed by atoms with E-state index < -0.39 is 0 Å². The van der Waals surface area contributed by atoms with E-state index in [-0.39, 0.29) is 0 Å². The first-order chi connectivity index (χ1) is 6.07. The van der Waals surface area contributed by atoms with Gasteiger partial charge in [0, 0.05) is 0 Å². The molecule has 0 spiro atoms. The van der Waals surface area contributed by atoms with Crippen LogP contribution in [0.3, 0.4) is 0 Å². The topological polar surface area (TPSA) is 0 Å². The van der Waals surface area contributed by atoms with Crippen molar-refractivity contribution in [2.45, 2.75) is 66.7 Å². The van der Waals surface area contributed by atoms with Crippen molar-refractivity contribution in [3.05, 3.63) is 0 Å². The van der Waals surface area contributed by atoms with Gasteiger partial charge in [-0.05, 0) is 17.8 Å². The van der Waals surface area contributed by atoms with E-state index in [2.05, 4.69) is 34.6 Å². The Bertz CT molecular complexity index is 105. The number of hydrogen-bond acceptors (Lipinski definition) is 0. The van der Waals surface area contributed by atoms with E-state index in [0.717, 1.165) is 17.8 Å². The fourth-order valence-corrected chi connectivity index (χ4v) is 1.87. The van der Waals surface area contributed by atoms with E-state index in [4.69, 9.17) is 0 Å². The van der Waals surface area contributed by atoms with Crippen LogP contribution in [0.2, 0.25) is 0 Å². The predicted molar refractivity (Wildman–Crippen MR) is 61.9 cm³/mol. The molecule has 2 atom stereocenters. The fraction of sp³-hybridized carbons (Fsp3) is 1.00. The van der Waals surface area contributed by atoms with Crippen molar-refractivity contribution in [2.24, 2.45) is 17.8 Å². The molecule has 80 valence electrons. The van der Waals surface area contributed by atoms with Crippen LogP contribution in [0.25, 0.3) is 0 Å². The second-order valence-corrected chi connectivity index (χ2v) is 5.07. The summed E-state index contributed by atoms with van der Waals surface area (Å²) in [5, 5.41) is 0. The Morgan fingerprint density at radius 1 is 0.769 bits per heavy atom. The van der Waals surface area contributed by atoms with Gasteiger partial charge in [0.1, 0.15) is 0 Å². The van der Waals surface area contributed by atoms with Gasteiger partial charge in [0.15, 0.2) is 0 Å². The average Bonchev–Trinajstić information content (AvgIpc) is 2.04. The first-order valence-corrected chi connectivity index (χ1v) is 6.07. The highest BCUT2D eigenvalue weighted by atomic mass is 14.2. The Labute approximate surface area is 85.1 Å². The van der Waals surface area contributed by atoms with Crippen LogP contribution >= 0.6 is 0 Å². The van der Waals surface area contributed by atoms with Crippen molar-refractivity contribution in [2.75, 3.05) is 0 Å². The highest BCUT2D eigenvalue weighted by molar-refractivity contribution is 4.62. The Morgan fingerprint density at radius 2 is 1.31 bits per heavy atom. The largest absolute Gasteiger partial charge is 0.0654 e. The molecule has 13 heavy (non-hydrogen) atoms. The summed E-state index contributed by atoms with van der Waals surface area (Å²) in [6.07, 6.45) is 7.01. The molecule has 0 aromatic carbocycles. The van der Waals surface area contributed by atoms with Gasteiger partial charge in [-0.15, -0.1) is 0 Å². The number of hydrogen-bond donors (Lipinski definition) is 0. The summed E-state index contributed by atoms with van der Waals surface area (Å²) in [5.41, 5.74) is 0. The van der Waals surface area contributed by atoms with E-state index in [1.165, 1.54) is 32.1 Å². The van der Waals surface area contributed by atoms with Gasteiger partial charge in [-0.2, -0.15) is 0 Å². The van der Waals surface area contributed by atoms with Crippen LogP contribution < -0.4 is 0 Å². The third kappa shape index (κ3) is 7.10. The molecule has 0 saturated heterocycles. The standard InChI is InChI=1S/C13H28/c1-6-8-12(4)13(5)10-7-9-11(2)3/h11-13H,6-10H2,1-5H3. The molecule has 0 nitrogen and oxygen atoms in total. The third-order valence-electron chi connectivity index (χ3n) is 3.16. The van der Waals surface area contributed by atoms with E-state index in [9.17, 15) is 0 Å². The van der Waals surface area contributed by atoms with Crippen LogP contribution in [0.15, 0.2) is 0 Å². The Hall–Kier alpha value is 0. The molecule has 0 heteroatoms. The van der Waals surface area contributed by atoms with Crippen LogP contribution in [0, 0.1) is 17.8 Å². The monoisotopic (exact) mass is 184 g/mol. The van der Waals surface area contributed by atoms with Crippen LogP contribution in [0.5, 0.6) is 0 Å². The molecule has 0 rings (SSSR count). The van der Waals surface area contributed by atoms with Crippen molar-refractivity contribution in [1.29, 1.82) is 0 Å². The normalized spacial score (nSPS) is 16.2. The van der Waals surface area contributed by atoms with Gasteiger partial charge in [-0.25, -0.2) is 0 Å².